The van der Waals surface area contributed by atoms with Crippen molar-refractivity contribution in [1.82, 2.24) is 10.6 Å². The number of halogens is 1. The highest BCUT2D eigenvalue weighted by atomic mass is 35.5. The fourth-order valence-electron chi connectivity index (χ4n) is 1.71. The number of nitrogens with one attached hydrogen (secondary N) is 2. The zero-order valence-electron chi connectivity index (χ0n) is 9.00. The van der Waals surface area contributed by atoms with Gasteiger partial charge in [0.15, 0.2) is 0 Å². The molecule has 1 aromatic rings. The van der Waals surface area contributed by atoms with E-state index in [-0.39, 0.29) is 17.9 Å². The first-order valence-electron chi connectivity index (χ1n) is 5.19. The van der Waals surface area contributed by atoms with Gasteiger partial charge in [-0.2, -0.15) is 0 Å². The van der Waals surface area contributed by atoms with E-state index in [1.165, 1.54) is 6.07 Å². The predicted octanol–water partition coefficient (Wildman–Crippen LogP) is 0.540. The van der Waals surface area contributed by atoms with Crippen LogP contribution < -0.4 is 16.4 Å². The number of nitrogen functional groups attached to an aromatic ring is 1. The minimum Gasteiger partial charge on any atom is -0.398 e. The summed E-state index contributed by atoms with van der Waals surface area (Å²) in [6, 6.07) is 4.52. The number of carbonyl (C=O) groups is 2. The number of rotatable bonds is 2. The van der Waals surface area contributed by atoms with E-state index in [0.717, 1.165) is 0 Å². The largest absolute Gasteiger partial charge is 0.398 e. The van der Waals surface area contributed by atoms with Crippen LogP contribution in [-0.2, 0) is 4.79 Å². The number of anilines is 1. The van der Waals surface area contributed by atoms with Crippen LogP contribution in [0.3, 0.4) is 0 Å². The van der Waals surface area contributed by atoms with Crippen LogP contribution in [0.15, 0.2) is 18.2 Å². The fourth-order valence-corrected chi connectivity index (χ4v) is 1.89. The molecule has 1 aliphatic heterocycles. The molecule has 1 atom stereocenters. The Morgan fingerprint density at radius 2 is 2.29 bits per heavy atom. The number of amides is 2. The number of benzene rings is 1. The summed E-state index contributed by atoms with van der Waals surface area (Å²) in [6.07, 6.45) is 0.305. The molecule has 1 aliphatic rings. The summed E-state index contributed by atoms with van der Waals surface area (Å²) < 4.78 is 0. The molecule has 0 bridgehead atoms. The minimum absolute atomic E-state index is 0.0561. The van der Waals surface area contributed by atoms with Gasteiger partial charge >= 0.3 is 0 Å². The van der Waals surface area contributed by atoms with E-state index < -0.39 is 0 Å². The first kappa shape index (κ1) is 11.7. The molecule has 1 fully saturated rings. The Morgan fingerprint density at radius 3 is 2.88 bits per heavy atom. The number of hydrogen-bond donors (Lipinski definition) is 3. The molecule has 90 valence electrons. The number of hydrogen-bond acceptors (Lipinski definition) is 3. The molecule has 4 N–H and O–H groups in total. The van der Waals surface area contributed by atoms with Crippen molar-refractivity contribution in [3.05, 3.63) is 28.8 Å². The SMILES string of the molecule is Nc1cc(Cl)ccc1C(=O)NC1CNC(=O)C1. The van der Waals surface area contributed by atoms with E-state index in [0.29, 0.717) is 29.2 Å². The van der Waals surface area contributed by atoms with Gasteiger partial charge in [0.25, 0.3) is 5.91 Å². The van der Waals surface area contributed by atoms with Crippen molar-refractivity contribution in [2.45, 2.75) is 12.5 Å². The van der Waals surface area contributed by atoms with Gasteiger partial charge in [-0.25, -0.2) is 0 Å². The molecular weight excluding hydrogens is 242 g/mol. The smallest absolute Gasteiger partial charge is 0.253 e. The summed E-state index contributed by atoms with van der Waals surface area (Å²) in [5.41, 5.74) is 6.39. The van der Waals surface area contributed by atoms with Gasteiger partial charge in [0.2, 0.25) is 5.91 Å². The van der Waals surface area contributed by atoms with Gasteiger partial charge in [0, 0.05) is 23.7 Å². The summed E-state index contributed by atoms with van der Waals surface area (Å²) in [6.45, 7) is 0.456. The normalized spacial score (nSPS) is 18.9. The van der Waals surface area contributed by atoms with Crippen molar-refractivity contribution < 1.29 is 9.59 Å². The van der Waals surface area contributed by atoms with Crippen LogP contribution in [0, 0.1) is 0 Å². The average Bonchev–Trinajstić information content (AvgIpc) is 2.63. The third kappa shape index (κ3) is 2.68. The Labute approximate surface area is 103 Å². The molecule has 6 heteroatoms. The lowest BCUT2D eigenvalue weighted by molar-refractivity contribution is -0.119. The molecule has 5 nitrogen and oxygen atoms in total. The van der Waals surface area contributed by atoms with Crippen LogP contribution in [0.5, 0.6) is 0 Å². The molecule has 1 aromatic carbocycles. The molecule has 0 saturated carbocycles. The van der Waals surface area contributed by atoms with E-state index in [1.807, 2.05) is 0 Å². The predicted molar refractivity (Wildman–Crippen MR) is 64.7 cm³/mol. The molecule has 0 aromatic heterocycles. The second-order valence-corrected chi connectivity index (χ2v) is 4.35. The van der Waals surface area contributed by atoms with Crippen LogP contribution in [0.1, 0.15) is 16.8 Å². The molecule has 0 spiro atoms. The van der Waals surface area contributed by atoms with Gasteiger partial charge < -0.3 is 16.4 Å². The lowest BCUT2D eigenvalue weighted by atomic mass is 10.1. The van der Waals surface area contributed by atoms with Gasteiger partial charge in [-0.15, -0.1) is 0 Å². The maximum Gasteiger partial charge on any atom is 0.253 e. The van der Waals surface area contributed by atoms with Crippen molar-refractivity contribution in [2.24, 2.45) is 0 Å². The molecule has 1 heterocycles. The van der Waals surface area contributed by atoms with Crippen molar-refractivity contribution in [3.63, 3.8) is 0 Å². The van der Waals surface area contributed by atoms with E-state index in [9.17, 15) is 9.59 Å². The van der Waals surface area contributed by atoms with Gasteiger partial charge in [-0.05, 0) is 18.2 Å². The van der Waals surface area contributed by atoms with Gasteiger partial charge in [-0.1, -0.05) is 11.6 Å². The highest BCUT2D eigenvalue weighted by Crippen LogP contribution is 2.18. The number of carbonyl (C=O) groups excluding carboxylic acids is 2. The van der Waals surface area contributed by atoms with E-state index in [4.69, 9.17) is 17.3 Å². The summed E-state index contributed by atoms with van der Waals surface area (Å²) in [5, 5.41) is 5.87. The van der Waals surface area contributed by atoms with Crippen LogP contribution in [-0.4, -0.2) is 24.4 Å². The van der Waals surface area contributed by atoms with Crippen LogP contribution in [0.2, 0.25) is 5.02 Å². The van der Waals surface area contributed by atoms with Crippen LogP contribution in [0.25, 0.3) is 0 Å². The van der Waals surface area contributed by atoms with Crippen molar-refractivity contribution in [2.75, 3.05) is 12.3 Å². The molecule has 0 aliphatic carbocycles. The maximum absolute atomic E-state index is 11.9. The standard InChI is InChI=1S/C11H12ClN3O2/c12-6-1-2-8(9(13)3-6)11(17)15-7-4-10(16)14-5-7/h1-3,7H,4-5,13H2,(H,14,16)(H,15,17). The van der Waals surface area contributed by atoms with E-state index >= 15 is 0 Å². The molecular formula is C11H12ClN3O2. The lowest BCUT2D eigenvalue weighted by Crippen LogP contribution is -2.36. The fraction of sp³-hybridized carbons (Fsp3) is 0.273. The average molecular weight is 254 g/mol. The first-order chi connectivity index (χ1) is 8.06. The highest BCUT2D eigenvalue weighted by Gasteiger charge is 2.23. The van der Waals surface area contributed by atoms with Crippen molar-refractivity contribution >= 4 is 29.1 Å². The van der Waals surface area contributed by atoms with Gasteiger partial charge in [0.05, 0.1) is 11.6 Å². The van der Waals surface area contributed by atoms with Crippen LogP contribution >= 0.6 is 11.6 Å². The maximum atomic E-state index is 11.9. The summed E-state index contributed by atoms with van der Waals surface area (Å²) >= 11 is 5.74. The van der Waals surface area contributed by atoms with Gasteiger partial charge in [-0.3, -0.25) is 9.59 Å². The van der Waals surface area contributed by atoms with E-state index in [1.54, 1.807) is 12.1 Å². The summed E-state index contributed by atoms with van der Waals surface area (Å²) in [4.78, 5) is 22.8. The topological polar surface area (TPSA) is 84.2 Å². The Bertz CT molecular complexity index is 476. The molecule has 2 rings (SSSR count). The third-order valence-electron chi connectivity index (χ3n) is 2.57. The molecule has 2 amide bonds. The third-order valence-corrected chi connectivity index (χ3v) is 2.81. The molecule has 0 radical (unpaired) electrons. The monoisotopic (exact) mass is 253 g/mol. The minimum atomic E-state index is -0.291. The molecule has 1 saturated heterocycles. The zero-order valence-corrected chi connectivity index (χ0v) is 9.75. The number of nitrogens with two attached hydrogens (primary N) is 1. The molecule has 1 unspecified atom stereocenters. The first-order valence-corrected chi connectivity index (χ1v) is 5.56. The van der Waals surface area contributed by atoms with E-state index in [2.05, 4.69) is 10.6 Å². The second kappa shape index (κ2) is 4.63. The lowest BCUT2D eigenvalue weighted by Gasteiger charge is -2.11. The zero-order chi connectivity index (χ0) is 12.4. The summed E-state index contributed by atoms with van der Waals surface area (Å²) in [7, 11) is 0. The Kier molecular flexibility index (Phi) is 3.19. The van der Waals surface area contributed by atoms with Crippen molar-refractivity contribution in [3.8, 4) is 0 Å². The Hall–Kier alpha value is -1.75. The highest BCUT2D eigenvalue weighted by molar-refractivity contribution is 6.31. The second-order valence-electron chi connectivity index (χ2n) is 3.91. The Balaban J connectivity index is 2.07. The quantitative estimate of drug-likeness (QED) is 0.673. The Morgan fingerprint density at radius 1 is 1.53 bits per heavy atom. The molecule has 17 heavy (non-hydrogen) atoms. The van der Waals surface area contributed by atoms with Gasteiger partial charge in [0.1, 0.15) is 0 Å². The summed E-state index contributed by atoms with van der Waals surface area (Å²) in [5.74, 6) is -0.347. The van der Waals surface area contributed by atoms with Crippen molar-refractivity contribution in [1.29, 1.82) is 0 Å². The van der Waals surface area contributed by atoms with Crippen LogP contribution in [0.4, 0.5) is 5.69 Å².